The van der Waals surface area contributed by atoms with E-state index < -0.39 is 17.5 Å². The normalized spacial score (nSPS) is 10.3. The van der Waals surface area contributed by atoms with Crippen LogP contribution in [0.1, 0.15) is 27.9 Å². The maximum atomic E-state index is 13.7. The fourth-order valence-electron chi connectivity index (χ4n) is 2.00. The Morgan fingerprint density at radius 2 is 1.96 bits per heavy atom. The average Bonchev–Trinajstić information content (AvgIpc) is 2.57. The van der Waals surface area contributed by atoms with E-state index in [1.807, 2.05) is 6.07 Å². The van der Waals surface area contributed by atoms with E-state index in [2.05, 4.69) is 15.6 Å². The maximum Gasteiger partial charge on any atom is 0.254 e. The van der Waals surface area contributed by atoms with Crippen molar-refractivity contribution in [1.29, 1.82) is 0 Å². The largest absolute Gasteiger partial charge is 0.352 e. The molecular weight excluding hydrogens is 316 g/mol. The third kappa shape index (κ3) is 4.84. The number of hydrogen-bond acceptors (Lipinski definition) is 3. The van der Waals surface area contributed by atoms with Crippen LogP contribution in [0.25, 0.3) is 0 Å². The molecule has 0 bridgehead atoms. The van der Waals surface area contributed by atoms with Crippen molar-refractivity contribution in [3.05, 3.63) is 65.0 Å². The Labute approximate surface area is 138 Å². The molecule has 0 fully saturated rings. The number of aryl methyl sites for hydroxylation is 1. The summed E-state index contributed by atoms with van der Waals surface area (Å²) < 4.78 is 27.1. The zero-order valence-electron chi connectivity index (χ0n) is 13.1. The summed E-state index contributed by atoms with van der Waals surface area (Å²) in [4.78, 5) is 27.4. The number of hydrogen-bond donors (Lipinski definition) is 2. The molecule has 5 nitrogen and oxygen atoms in total. The quantitative estimate of drug-likeness (QED) is 0.850. The van der Waals surface area contributed by atoms with Gasteiger partial charge in [-0.05, 0) is 36.2 Å². The van der Waals surface area contributed by atoms with Gasteiger partial charge in [0.05, 0.1) is 5.56 Å². The van der Waals surface area contributed by atoms with Crippen molar-refractivity contribution >= 4 is 11.8 Å². The Hall–Kier alpha value is -2.83. The molecule has 2 rings (SSSR count). The van der Waals surface area contributed by atoms with Gasteiger partial charge in [0.2, 0.25) is 5.91 Å². The van der Waals surface area contributed by atoms with Gasteiger partial charge in [-0.25, -0.2) is 8.78 Å². The maximum absolute atomic E-state index is 13.7. The van der Waals surface area contributed by atoms with Gasteiger partial charge in [-0.15, -0.1) is 0 Å². The Morgan fingerprint density at radius 3 is 2.67 bits per heavy atom. The number of aromatic nitrogens is 1. The summed E-state index contributed by atoms with van der Waals surface area (Å²) in [6.07, 6.45) is 3.30. The SMILES string of the molecule is Cc1cc(F)c(C(=O)NCCC(=O)NCc2cccnc2)cc1F. The van der Waals surface area contributed by atoms with Crippen LogP contribution < -0.4 is 10.6 Å². The first-order chi connectivity index (χ1) is 11.5. The van der Waals surface area contributed by atoms with Crippen LogP contribution in [0.2, 0.25) is 0 Å². The lowest BCUT2D eigenvalue weighted by Gasteiger charge is -2.08. The first-order valence-electron chi connectivity index (χ1n) is 7.37. The molecule has 0 atom stereocenters. The van der Waals surface area contributed by atoms with Gasteiger partial charge >= 0.3 is 0 Å². The third-order valence-electron chi connectivity index (χ3n) is 3.34. The second-order valence-electron chi connectivity index (χ2n) is 5.23. The molecule has 0 radical (unpaired) electrons. The molecule has 2 N–H and O–H groups in total. The van der Waals surface area contributed by atoms with E-state index in [4.69, 9.17) is 0 Å². The van der Waals surface area contributed by atoms with Crippen molar-refractivity contribution in [1.82, 2.24) is 15.6 Å². The minimum absolute atomic E-state index is 0.0205. The number of amides is 2. The molecule has 0 unspecified atom stereocenters. The number of carbonyl (C=O) groups excluding carboxylic acids is 2. The fourth-order valence-corrected chi connectivity index (χ4v) is 2.00. The Kier molecular flexibility index (Phi) is 5.95. The van der Waals surface area contributed by atoms with Crippen LogP contribution >= 0.6 is 0 Å². The first-order valence-corrected chi connectivity index (χ1v) is 7.37. The van der Waals surface area contributed by atoms with Crippen LogP contribution in [0.4, 0.5) is 8.78 Å². The molecule has 1 aromatic heterocycles. The molecule has 2 aromatic rings. The number of rotatable bonds is 6. The molecule has 0 aliphatic rings. The van der Waals surface area contributed by atoms with Crippen molar-refractivity contribution in [2.24, 2.45) is 0 Å². The Balaban J connectivity index is 1.78. The van der Waals surface area contributed by atoms with Crippen molar-refractivity contribution < 1.29 is 18.4 Å². The van der Waals surface area contributed by atoms with Crippen LogP contribution in [0.5, 0.6) is 0 Å². The van der Waals surface area contributed by atoms with Crippen LogP contribution in [0.15, 0.2) is 36.7 Å². The summed E-state index contributed by atoms with van der Waals surface area (Å²) in [5, 5.41) is 5.07. The number of carbonyl (C=O) groups is 2. The number of benzene rings is 1. The third-order valence-corrected chi connectivity index (χ3v) is 3.34. The standard InChI is InChI=1S/C17H17F2N3O2/c1-11-7-15(19)13(8-14(11)18)17(24)21-6-4-16(23)22-10-12-3-2-5-20-9-12/h2-3,5,7-9H,4,6,10H2,1H3,(H,21,24)(H,22,23). The molecule has 126 valence electrons. The topological polar surface area (TPSA) is 71.1 Å². The second kappa shape index (κ2) is 8.14. The molecule has 7 heteroatoms. The Morgan fingerprint density at radius 1 is 1.17 bits per heavy atom. The highest BCUT2D eigenvalue weighted by molar-refractivity contribution is 5.94. The molecule has 0 aliphatic heterocycles. The van der Waals surface area contributed by atoms with Gasteiger partial charge in [0.15, 0.2) is 0 Å². The zero-order valence-corrected chi connectivity index (χ0v) is 13.1. The predicted molar refractivity (Wildman–Crippen MR) is 84.1 cm³/mol. The smallest absolute Gasteiger partial charge is 0.254 e. The first kappa shape index (κ1) is 17.5. The zero-order chi connectivity index (χ0) is 17.5. The van der Waals surface area contributed by atoms with Gasteiger partial charge in [-0.2, -0.15) is 0 Å². The molecule has 0 aliphatic carbocycles. The van der Waals surface area contributed by atoms with Gasteiger partial charge in [-0.1, -0.05) is 6.07 Å². The number of nitrogens with zero attached hydrogens (tertiary/aromatic N) is 1. The fraction of sp³-hybridized carbons (Fsp3) is 0.235. The molecule has 2 amide bonds. The van der Waals surface area contributed by atoms with Crippen molar-refractivity contribution in [2.45, 2.75) is 19.9 Å². The summed E-state index contributed by atoms with van der Waals surface area (Å²) in [5.41, 5.74) is 0.597. The van der Waals surface area contributed by atoms with Gasteiger partial charge in [0.1, 0.15) is 11.6 Å². The number of pyridine rings is 1. The number of nitrogens with one attached hydrogen (secondary N) is 2. The highest BCUT2D eigenvalue weighted by Gasteiger charge is 2.14. The summed E-state index contributed by atoms with van der Waals surface area (Å²) in [5.74, 6) is -2.48. The predicted octanol–water partition coefficient (Wildman–Crippen LogP) is 2.10. The van der Waals surface area contributed by atoms with Crippen LogP contribution in [0.3, 0.4) is 0 Å². The summed E-state index contributed by atoms with van der Waals surface area (Å²) >= 11 is 0. The van der Waals surface area contributed by atoms with Crippen molar-refractivity contribution in [3.63, 3.8) is 0 Å². The van der Waals surface area contributed by atoms with Crippen molar-refractivity contribution in [3.8, 4) is 0 Å². The van der Waals surface area contributed by atoms with E-state index in [1.165, 1.54) is 6.92 Å². The lowest BCUT2D eigenvalue weighted by molar-refractivity contribution is -0.121. The van der Waals surface area contributed by atoms with Gasteiger partial charge in [0, 0.05) is 31.9 Å². The van der Waals surface area contributed by atoms with E-state index in [0.29, 0.717) is 6.54 Å². The highest BCUT2D eigenvalue weighted by atomic mass is 19.1. The molecule has 0 saturated carbocycles. The summed E-state index contributed by atoms with van der Waals surface area (Å²) in [6.45, 7) is 1.76. The van der Waals surface area contributed by atoms with Crippen LogP contribution in [0, 0.1) is 18.6 Å². The van der Waals surface area contributed by atoms with Crippen LogP contribution in [-0.2, 0) is 11.3 Å². The number of halogens is 2. The molecule has 24 heavy (non-hydrogen) atoms. The van der Waals surface area contributed by atoms with Gasteiger partial charge in [-0.3, -0.25) is 14.6 Å². The Bertz CT molecular complexity index is 736. The van der Waals surface area contributed by atoms with E-state index in [-0.39, 0.29) is 30.0 Å². The molecule has 1 aromatic carbocycles. The lowest BCUT2D eigenvalue weighted by atomic mass is 10.1. The molecule has 0 spiro atoms. The molecular formula is C17H17F2N3O2. The van der Waals surface area contributed by atoms with Crippen molar-refractivity contribution in [2.75, 3.05) is 6.54 Å². The molecule has 1 heterocycles. The minimum Gasteiger partial charge on any atom is -0.352 e. The lowest BCUT2D eigenvalue weighted by Crippen LogP contribution is -2.31. The minimum atomic E-state index is -0.799. The monoisotopic (exact) mass is 333 g/mol. The molecule has 0 saturated heterocycles. The summed E-state index contributed by atoms with van der Waals surface area (Å²) in [6, 6.07) is 5.40. The summed E-state index contributed by atoms with van der Waals surface area (Å²) in [7, 11) is 0. The van der Waals surface area contributed by atoms with Gasteiger partial charge in [0.25, 0.3) is 5.91 Å². The van der Waals surface area contributed by atoms with E-state index in [0.717, 1.165) is 17.7 Å². The van der Waals surface area contributed by atoms with E-state index in [1.54, 1.807) is 18.5 Å². The van der Waals surface area contributed by atoms with E-state index in [9.17, 15) is 18.4 Å². The van der Waals surface area contributed by atoms with Crippen LogP contribution in [-0.4, -0.2) is 23.3 Å². The second-order valence-corrected chi connectivity index (χ2v) is 5.23. The highest BCUT2D eigenvalue weighted by Crippen LogP contribution is 2.14. The average molecular weight is 333 g/mol. The van der Waals surface area contributed by atoms with Gasteiger partial charge < -0.3 is 10.6 Å². The van der Waals surface area contributed by atoms with E-state index >= 15 is 0 Å².